The van der Waals surface area contributed by atoms with Gasteiger partial charge in [0.1, 0.15) is 6.04 Å². The third-order valence-electron chi connectivity index (χ3n) is 6.56. The summed E-state index contributed by atoms with van der Waals surface area (Å²) >= 11 is 0. The van der Waals surface area contributed by atoms with Crippen molar-refractivity contribution in [2.24, 2.45) is 10.7 Å². The Kier molecular flexibility index (Phi) is 8.88. The monoisotopic (exact) mass is 528 g/mol. The van der Waals surface area contributed by atoms with E-state index in [-0.39, 0.29) is 24.2 Å². The Morgan fingerprint density at radius 3 is 2.26 bits per heavy atom. The number of nitrogens with one attached hydrogen (secondary N) is 2. The van der Waals surface area contributed by atoms with Crippen LogP contribution in [0.25, 0.3) is 0 Å². The summed E-state index contributed by atoms with van der Waals surface area (Å²) in [4.78, 5) is 48.6. The van der Waals surface area contributed by atoms with Gasteiger partial charge in [-0.15, -0.1) is 0 Å². The highest BCUT2D eigenvalue weighted by atomic mass is 16.5. The number of rotatable bonds is 11. The molecule has 1 unspecified atom stereocenters. The van der Waals surface area contributed by atoms with Crippen LogP contribution < -0.4 is 16.4 Å². The quantitative estimate of drug-likeness (QED) is 0.327. The normalized spacial score (nSPS) is 14.8. The lowest BCUT2D eigenvalue weighted by atomic mass is 9.83. The molecule has 10 nitrogen and oxygen atoms in total. The number of aliphatic imine (C=N–C) groups is 1. The lowest BCUT2D eigenvalue weighted by molar-refractivity contribution is -0.130. The van der Waals surface area contributed by atoms with Gasteiger partial charge in [0.15, 0.2) is 11.5 Å². The first-order valence-corrected chi connectivity index (χ1v) is 12.7. The predicted octanol–water partition coefficient (Wildman–Crippen LogP) is 2.35. The average molecular weight is 529 g/mol. The third kappa shape index (κ3) is 6.23. The van der Waals surface area contributed by atoms with E-state index >= 15 is 0 Å². The van der Waals surface area contributed by atoms with E-state index in [0.717, 1.165) is 16.7 Å². The zero-order chi connectivity index (χ0) is 27.7. The van der Waals surface area contributed by atoms with E-state index < -0.39 is 17.7 Å². The molecule has 202 valence electrons. The van der Waals surface area contributed by atoms with Gasteiger partial charge in [0.25, 0.3) is 5.91 Å². The van der Waals surface area contributed by atoms with Crippen molar-refractivity contribution in [2.75, 3.05) is 20.2 Å². The predicted molar refractivity (Wildman–Crippen MR) is 147 cm³/mol. The van der Waals surface area contributed by atoms with E-state index in [4.69, 9.17) is 10.7 Å². The number of nitrogens with zero attached hydrogens (tertiary/aromatic N) is 3. The van der Waals surface area contributed by atoms with Crippen molar-refractivity contribution < 1.29 is 19.1 Å². The number of guanidine groups is 1. The van der Waals surface area contributed by atoms with Crippen molar-refractivity contribution in [3.05, 3.63) is 102 Å². The second-order valence-electron chi connectivity index (χ2n) is 9.12. The van der Waals surface area contributed by atoms with E-state index in [1.807, 2.05) is 66.7 Å². The van der Waals surface area contributed by atoms with Gasteiger partial charge in [0, 0.05) is 31.9 Å². The van der Waals surface area contributed by atoms with Gasteiger partial charge in [-0.1, -0.05) is 66.7 Å². The molecule has 3 amide bonds. The first-order valence-electron chi connectivity index (χ1n) is 12.7. The van der Waals surface area contributed by atoms with Gasteiger partial charge in [-0.25, -0.2) is 9.79 Å². The van der Waals surface area contributed by atoms with Crippen molar-refractivity contribution in [2.45, 2.75) is 30.8 Å². The van der Waals surface area contributed by atoms with Crippen LogP contribution in [0.4, 0.5) is 4.79 Å². The fraction of sp³-hybridized carbons (Fsp3) is 0.276. The number of hydrogen-bond donors (Lipinski definition) is 3. The number of hydrogen-bond acceptors (Lipinski definition) is 7. The summed E-state index contributed by atoms with van der Waals surface area (Å²) in [6.45, 7) is 0.706. The standard InChI is InChI=1S/C29H32N6O4/c1-39-28(38)33-24(19-21-11-10-16-31-20-21)25(36)32-17-8-9-18-35-26(37)29(34-27(35)30,22-12-4-2-5-13-22)23-14-6-3-7-15-23/h2-7,10-16,20,24H,8-9,17-19H2,1H3,(H2,30,34)(H,32,36)(H,33,38). The minimum absolute atomic E-state index is 0.163. The molecule has 3 aromatic rings. The van der Waals surface area contributed by atoms with Crippen molar-refractivity contribution in [1.82, 2.24) is 20.5 Å². The Hall–Kier alpha value is -4.73. The largest absolute Gasteiger partial charge is 0.453 e. The summed E-state index contributed by atoms with van der Waals surface area (Å²) in [6, 6.07) is 21.6. The maximum Gasteiger partial charge on any atom is 0.407 e. The van der Waals surface area contributed by atoms with Crippen molar-refractivity contribution >= 4 is 23.9 Å². The summed E-state index contributed by atoms with van der Waals surface area (Å²) < 4.78 is 4.66. The molecule has 0 saturated carbocycles. The first kappa shape index (κ1) is 27.3. The van der Waals surface area contributed by atoms with Crippen molar-refractivity contribution in [3.63, 3.8) is 0 Å². The number of aromatic nitrogens is 1. The van der Waals surface area contributed by atoms with E-state index in [0.29, 0.717) is 25.9 Å². The molecule has 39 heavy (non-hydrogen) atoms. The lowest BCUT2D eigenvalue weighted by Gasteiger charge is -2.27. The van der Waals surface area contributed by atoms with E-state index in [2.05, 4.69) is 20.4 Å². The fourth-order valence-electron chi connectivity index (χ4n) is 4.59. The second kappa shape index (κ2) is 12.7. The minimum Gasteiger partial charge on any atom is -0.453 e. The smallest absolute Gasteiger partial charge is 0.407 e. The minimum atomic E-state index is -1.24. The van der Waals surface area contributed by atoms with E-state index in [1.54, 1.807) is 18.5 Å². The molecule has 0 spiro atoms. The number of pyridine rings is 1. The Bertz CT molecular complexity index is 1260. The highest BCUT2D eigenvalue weighted by molar-refractivity contribution is 6.09. The zero-order valence-corrected chi connectivity index (χ0v) is 21.7. The maximum absolute atomic E-state index is 13.8. The molecule has 1 aromatic heterocycles. The van der Waals surface area contributed by atoms with Crippen LogP contribution in [0.3, 0.4) is 0 Å². The first-order chi connectivity index (χ1) is 19.0. The SMILES string of the molecule is COC(=O)NC(Cc1cccnc1)C(=O)NCCCCN1C(=O)C(c2ccccc2)(c2ccccc2)N=C1N. The molecule has 4 N–H and O–H groups in total. The number of carbonyl (C=O) groups is 3. The lowest BCUT2D eigenvalue weighted by Crippen LogP contribution is -2.48. The Labute approximate surface area is 227 Å². The highest BCUT2D eigenvalue weighted by Gasteiger charge is 2.50. The Morgan fingerprint density at radius 1 is 1.00 bits per heavy atom. The fourth-order valence-corrected chi connectivity index (χ4v) is 4.59. The number of unbranched alkanes of at least 4 members (excludes halogenated alkanes) is 1. The molecular weight excluding hydrogens is 496 g/mol. The summed E-state index contributed by atoms with van der Waals surface area (Å²) in [6.07, 6.45) is 4.03. The molecule has 0 bridgehead atoms. The van der Waals surface area contributed by atoms with Crippen LogP contribution in [0.1, 0.15) is 29.5 Å². The molecule has 0 fully saturated rings. The van der Waals surface area contributed by atoms with Crippen LogP contribution in [0.2, 0.25) is 0 Å². The third-order valence-corrected chi connectivity index (χ3v) is 6.56. The molecule has 1 aliphatic heterocycles. The molecule has 10 heteroatoms. The molecular formula is C29H32N6O4. The van der Waals surface area contributed by atoms with Gasteiger partial charge in [-0.2, -0.15) is 0 Å². The molecule has 1 aliphatic rings. The van der Waals surface area contributed by atoms with E-state index in [9.17, 15) is 14.4 Å². The van der Waals surface area contributed by atoms with Gasteiger partial charge >= 0.3 is 6.09 Å². The second-order valence-corrected chi connectivity index (χ2v) is 9.12. The Morgan fingerprint density at radius 2 is 1.67 bits per heavy atom. The average Bonchev–Trinajstić information content (AvgIpc) is 3.23. The van der Waals surface area contributed by atoms with Crippen molar-refractivity contribution in [3.8, 4) is 0 Å². The Balaban J connectivity index is 1.36. The van der Waals surface area contributed by atoms with Crippen LogP contribution in [0.15, 0.2) is 90.2 Å². The molecule has 4 rings (SSSR count). The molecule has 0 saturated heterocycles. The van der Waals surface area contributed by atoms with Gasteiger partial charge in [-0.3, -0.25) is 19.5 Å². The summed E-state index contributed by atoms with van der Waals surface area (Å²) in [5.74, 6) is -0.384. The number of nitrogens with two attached hydrogens (primary N) is 1. The summed E-state index contributed by atoms with van der Waals surface area (Å²) in [5, 5.41) is 5.42. The molecule has 2 aromatic carbocycles. The van der Waals surface area contributed by atoms with E-state index in [1.165, 1.54) is 12.0 Å². The van der Waals surface area contributed by atoms with Crippen molar-refractivity contribution in [1.29, 1.82) is 0 Å². The number of amides is 3. The van der Waals surface area contributed by atoms with Crippen LogP contribution in [0, 0.1) is 0 Å². The van der Waals surface area contributed by atoms with Crippen LogP contribution >= 0.6 is 0 Å². The molecule has 1 atom stereocenters. The van der Waals surface area contributed by atoms with Crippen LogP contribution in [-0.4, -0.2) is 60.0 Å². The number of methoxy groups -OCH3 is 1. The zero-order valence-electron chi connectivity index (χ0n) is 21.7. The van der Waals surface area contributed by atoms with Gasteiger partial charge in [0.2, 0.25) is 5.91 Å². The number of benzene rings is 2. The molecule has 0 aliphatic carbocycles. The van der Waals surface area contributed by atoms with Gasteiger partial charge < -0.3 is 21.1 Å². The molecule has 0 radical (unpaired) electrons. The summed E-state index contributed by atoms with van der Waals surface area (Å²) in [5.41, 5.74) is 7.34. The van der Waals surface area contributed by atoms with Gasteiger partial charge in [-0.05, 0) is 35.6 Å². The van der Waals surface area contributed by atoms with Crippen LogP contribution in [0.5, 0.6) is 0 Å². The number of ether oxygens (including phenoxy) is 1. The highest BCUT2D eigenvalue weighted by Crippen LogP contribution is 2.39. The summed E-state index contributed by atoms with van der Waals surface area (Å²) in [7, 11) is 1.24. The maximum atomic E-state index is 13.8. The van der Waals surface area contributed by atoms with Gasteiger partial charge in [0.05, 0.1) is 7.11 Å². The van der Waals surface area contributed by atoms with Crippen LogP contribution in [-0.2, 0) is 26.3 Å². The number of alkyl carbamates (subject to hydrolysis) is 1. The molecule has 2 heterocycles. The topological polar surface area (TPSA) is 139 Å². The number of carbonyl (C=O) groups excluding carboxylic acids is 3.